The third kappa shape index (κ3) is 1.65. The molecule has 2 heterocycles. The maximum atomic E-state index is 9.85. The molecule has 96 valence electrons. The molecule has 0 saturated heterocycles. The average molecular weight is 248 g/mol. The summed E-state index contributed by atoms with van der Waals surface area (Å²) in [5.41, 5.74) is 6.59. The summed E-state index contributed by atoms with van der Waals surface area (Å²) < 4.78 is 2.02. The highest BCUT2D eigenvalue weighted by Gasteiger charge is 2.34. The minimum atomic E-state index is -0.448. The largest absolute Gasteiger partial charge is 0.396 e. The molecule has 2 aromatic heterocycles. The number of aliphatic hydroxyl groups excluding tert-OH is 2. The predicted molar refractivity (Wildman–Crippen MR) is 66.8 cm³/mol. The van der Waals surface area contributed by atoms with E-state index in [-0.39, 0.29) is 18.6 Å². The topological polar surface area (TPSA) is 97.2 Å². The van der Waals surface area contributed by atoms with Crippen LogP contribution in [-0.4, -0.2) is 37.5 Å². The number of nitrogens with two attached hydrogens (primary N) is 1. The maximum Gasteiger partial charge on any atom is 0.145 e. The highest BCUT2D eigenvalue weighted by molar-refractivity contribution is 5.86. The van der Waals surface area contributed by atoms with Crippen molar-refractivity contribution < 1.29 is 10.2 Å². The van der Waals surface area contributed by atoms with Gasteiger partial charge < -0.3 is 20.5 Å². The number of nitrogens with zero attached hydrogens (tertiary/aromatic N) is 3. The Morgan fingerprint density at radius 3 is 2.94 bits per heavy atom. The van der Waals surface area contributed by atoms with E-state index < -0.39 is 6.10 Å². The minimum absolute atomic E-state index is 0.0218. The lowest BCUT2D eigenvalue weighted by molar-refractivity contribution is 0.0906. The van der Waals surface area contributed by atoms with E-state index in [1.807, 2.05) is 16.8 Å². The molecule has 6 nitrogen and oxygen atoms in total. The van der Waals surface area contributed by atoms with Gasteiger partial charge in [-0.1, -0.05) is 0 Å². The number of hydrogen-bond donors (Lipinski definition) is 3. The Balaban J connectivity index is 1.99. The second-order valence-corrected chi connectivity index (χ2v) is 4.85. The average Bonchev–Trinajstić information content (AvgIpc) is 2.93. The molecule has 4 N–H and O–H groups in total. The smallest absolute Gasteiger partial charge is 0.145 e. The molecule has 1 fully saturated rings. The van der Waals surface area contributed by atoms with Gasteiger partial charge in [-0.05, 0) is 18.9 Å². The normalized spacial score (nSPS) is 28.0. The molecule has 6 heteroatoms. The lowest BCUT2D eigenvalue weighted by Crippen LogP contribution is -2.16. The molecule has 3 atom stereocenters. The van der Waals surface area contributed by atoms with Gasteiger partial charge in [0.1, 0.15) is 17.8 Å². The Morgan fingerprint density at radius 1 is 1.39 bits per heavy atom. The summed E-state index contributed by atoms with van der Waals surface area (Å²) in [6, 6.07) is 2.05. The van der Waals surface area contributed by atoms with Crippen molar-refractivity contribution in [1.29, 1.82) is 0 Å². The van der Waals surface area contributed by atoms with Gasteiger partial charge in [-0.2, -0.15) is 0 Å². The molecular formula is C12H16N4O2. The molecule has 0 amide bonds. The first-order chi connectivity index (χ1) is 8.70. The van der Waals surface area contributed by atoms with Gasteiger partial charge in [-0.3, -0.25) is 0 Å². The molecule has 1 aliphatic rings. The van der Waals surface area contributed by atoms with Gasteiger partial charge in [0.25, 0.3) is 0 Å². The zero-order valence-electron chi connectivity index (χ0n) is 9.90. The van der Waals surface area contributed by atoms with Crippen LogP contribution < -0.4 is 5.73 Å². The first-order valence-electron chi connectivity index (χ1n) is 6.06. The van der Waals surface area contributed by atoms with E-state index in [0.29, 0.717) is 12.2 Å². The van der Waals surface area contributed by atoms with Crippen molar-refractivity contribution in [2.45, 2.75) is 25.0 Å². The fourth-order valence-corrected chi connectivity index (χ4v) is 2.78. The van der Waals surface area contributed by atoms with Crippen molar-refractivity contribution in [2.24, 2.45) is 5.92 Å². The van der Waals surface area contributed by atoms with E-state index >= 15 is 0 Å². The van der Waals surface area contributed by atoms with Crippen molar-refractivity contribution in [1.82, 2.24) is 14.5 Å². The quantitative estimate of drug-likeness (QED) is 0.711. The summed E-state index contributed by atoms with van der Waals surface area (Å²) in [5, 5.41) is 19.9. The Morgan fingerprint density at radius 2 is 2.22 bits per heavy atom. The zero-order valence-corrected chi connectivity index (χ0v) is 9.90. The summed E-state index contributed by atoms with van der Waals surface area (Å²) in [7, 11) is 0. The van der Waals surface area contributed by atoms with Crippen molar-refractivity contribution >= 4 is 16.9 Å². The minimum Gasteiger partial charge on any atom is -0.396 e. The summed E-state index contributed by atoms with van der Waals surface area (Å²) in [6.45, 7) is 0.0218. The second kappa shape index (κ2) is 4.22. The highest BCUT2D eigenvalue weighted by Crippen LogP contribution is 2.36. The molecule has 0 radical (unpaired) electrons. The molecule has 0 aliphatic heterocycles. The van der Waals surface area contributed by atoms with Crippen molar-refractivity contribution in [3.8, 4) is 0 Å². The fourth-order valence-electron chi connectivity index (χ4n) is 2.78. The van der Waals surface area contributed by atoms with Gasteiger partial charge in [0, 0.05) is 24.8 Å². The molecule has 1 saturated carbocycles. The van der Waals surface area contributed by atoms with Gasteiger partial charge in [-0.25, -0.2) is 9.97 Å². The SMILES string of the molecule is Nc1ncnc2c1ccn2[C@@H]1C[C@H](CO)[C@@H](O)C1. The van der Waals surface area contributed by atoms with Gasteiger partial charge >= 0.3 is 0 Å². The first-order valence-corrected chi connectivity index (χ1v) is 6.06. The Labute approximate surface area is 104 Å². The number of nitrogen functional groups attached to an aromatic ring is 1. The van der Waals surface area contributed by atoms with E-state index in [1.54, 1.807) is 0 Å². The van der Waals surface area contributed by atoms with Gasteiger partial charge in [-0.15, -0.1) is 0 Å². The molecule has 0 bridgehead atoms. The summed E-state index contributed by atoms with van der Waals surface area (Å²) in [6.07, 6.45) is 4.32. The number of anilines is 1. The monoisotopic (exact) mass is 248 g/mol. The second-order valence-electron chi connectivity index (χ2n) is 4.85. The van der Waals surface area contributed by atoms with E-state index in [9.17, 15) is 10.2 Å². The van der Waals surface area contributed by atoms with Crippen molar-refractivity contribution in [3.05, 3.63) is 18.6 Å². The zero-order chi connectivity index (χ0) is 12.7. The van der Waals surface area contributed by atoms with E-state index in [2.05, 4.69) is 9.97 Å². The van der Waals surface area contributed by atoms with Crippen LogP contribution in [0, 0.1) is 5.92 Å². The third-order valence-corrected chi connectivity index (χ3v) is 3.80. The van der Waals surface area contributed by atoms with Gasteiger partial charge in [0.2, 0.25) is 0 Å². The molecule has 0 spiro atoms. The van der Waals surface area contributed by atoms with E-state index in [4.69, 9.17) is 5.73 Å². The Bertz CT molecular complexity index is 568. The summed E-state index contributed by atoms with van der Waals surface area (Å²) >= 11 is 0. The van der Waals surface area contributed by atoms with Crippen LogP contribution in [0.3, 0.4) is 0 Å². The summed E-state index contributed by atoms with van der Waals surface area (Å²) in [5.74, 6) is 0.419. The molecule has 0 aromatic carbocycles. The van der Waals surface area contributed by atoms with Crippen LogP contribution in [0.2, 0.25) is 0 Å². The number of aliphatic hydroxyl groups is 2. The van der Waals surface area contributed by atoms with Crippen LogP contribution in [0.5, 0.6) is 0 Å². The van der Waals surface area contributed by atoms with Crippen molar-refractivity contribution in [2.75, 3.05) is 12.3 Å². The third-order valence-electron chi connectivity index (χ3n) is 3.80. The van der Waals surface area contributed by atoms with Gasteiger partial charge in [0.15, 0.2) is 0 Å². The number of fused-ring (bicyclic) bond motifs is 1. The molecule has 0 unspecified atom stereocenters. The first kappa shape index (κ1) is 11.4. The van der Waals surface area contributed by atoms with E-state index in [1.165, 1.54) is 6.33 Å². The number of hydrogen-bond acceptors (Lipinski definition) is 5. The predicted octanol–water partition coefficient (Wildman–Crippen LogP) is 0.318. The lowest BCUT2D eigenvalue weighted by atomic mass is 10.1. The number of rotatable bonds is 2. The Hall–Kier alpha value is -1.66. The molecule has 2 aromatic rings. The van der Waals surface area contributed by atoms with Gasteiger partial charge in [0.05, 0.1) is 11.5 Å². The van der Waals surface area contributed by atoms with Crippen LogP contribution in [0.1, 0.15) is 18.9 Å². The number of aromatic nitrogens is 3. The molecule has 1 aliphatic carbocycles. The lowest BCUT2D eigenvalue weighted by Gasteiger charge is -2.13. The van der Waals surface area contributed by atoms with Crippen LogP contribution in [0.15, 0.2) is 18.6 Å². The molecule has 18 heavy (non-hydrogen) atoms. The Kier molecular flexibility index (Phi) is 2.68. The fraction of sp³-hybridized carbons (Fsp3) is 0.500. The van der Waals surface area contributed by atoms with Crippen LogP contribution >= 0.6 is 0 Å². The molecule has 3 rings (SSSR count). The van der Waals surface area contributed by atoms with Crippen molar-refractivity contribution in [3.63, 3.8) is 0 Å². The summed E-state index contributed by atoms with van der Waals surface area (Å²) in [4.78, 5) is 8.21. The van der Waals surface area contributed by atoms with Crippen LogP contribution in [0.4, 0.5) is 5.82 Å². The van der Waals surface area contributed by atoms with Crippen LogP contribution in [0.25, 0.3) is 11.0 Å². The highest BCUT2D eigenvalue weighted by atomic mass is 16.3. The van der Waals surface area contributed by atoms with Crippen LogP contribution in [-0.2, 0) is 0 Å². The maximum absolute atomic E-state index is 9.85. The standard InChI is InChI=1S/C12H16N4O2/c13-11-9-1-2-16(12(9)15-6-14-11)8-3-7(5-17)10(18)4-8/h1-2,6-8,10,17-18H,3-5H2,(H2,13,14,15)/t7-,8-,10+/m1/s1. The molecular weight excluding hydrogens is 232 g/mol. The van der Waals surface area contributed by atoms with E-state index in [0.717, 1.165) is 17.5 Å².